The molecule has 40 heavy (non-hydrogen) atoms. The maximum absolute atomic E-state index is 14.6. The van der Waals surface area contributed by atoms with E-state index in [1.165, 1.54) is 36.5 Å². The van der Waals surface area contributed by atoms with Gasteiger partial charge in [0, 0.05) is 17.9 Å². The minimum Gasteiger partial charge on any atom is -0.394 e. The molecule has 1 amide bonds. The third kappa shape index (κ3) is 4.87. The highest BCUT2D eigenvalue weighted by Crippen LogP contribution is 2.39. The van der Waals surface area contributed by atoms with Crippen LogP contribution in [0.1, 0.15) is 60.6 Å². The SMILES string of the molecule is CC(=O)Nc1nc2ccccc2n1C(O)C(c1nc(C2=NOCC2c2c(F)cccc2F)cs1)N1CCCCC1. The number of halogens is 2. The van der Waals surface area contributed by atoms with Crippen LogP contribution >= 0.6 is 11.3 Å². The number of amides is 1. The van der Waals surface area contributed by atoms with Gasteiger partial charge in [-0.25, -0.2) is 18.7 Å². The lowest BCUT2D eigenvalue weighted by atomic mass is 9.93. The molecular weight excluding hydrogens is 538 g/mol. The number of hydrogen-bond acceptors (Lipinski definition) is 8. The number of aliphatic hydroxyl groups excluding tert-OH is 1. The number of para-hydroxylation sites is 2. The number of nitrogens with one attached hydrogen (secondary N) is 1. The maximum Gasteiger partial charge on any atom is 0.223 e. The molecule has 1 fully saturated rings. The first-order valence-electron chi connectivity index (χ1n) is 13.2. The Morgan fingerprint density at radius 2 is 1.85 bits per heavy atom. The number of oxime groups is 1. The van der Waals surface area contributed by atoms with Crippen LogP contribution in [0.15, 0.2) is 53.0 Å². The minimum atomic E-state index is -1.15. The van der Waals surface area contributed by atoms with Crippen molar-refractivity contribution in [3.05, 3.63) is 75.7 Å². The van der Waals surface area contributed by atoms with E-state index < -0.39 is 29.8 Å². The Hall–Kier alpha value is -3.74. The van der Waals surface area contributed by atoms with Crippen LogP contribution in [0.25, 0.3) is 11.0 Å². The Bertz CT molecular complexity index is 1560. The highest BCUT2D eigenvalue weighted by Gasteiger charge is 2.37. The van der Waals surface area contributed by atoms with E-state index in [-0.39, 0.29) is 24.0 Å². The number of likely N-dealkylation sites (tertiary alicyclic amines) is 1. The highest BCUT2D eigenvalue weighted by molar-refractivity contribution is 7.10. The zero-order chi connectivity index (χ0) is 27.8. The van der Waals surface area contributed by atoms with Gasteiger partial charge in [-0.2, -0.15) is 0 Å². The Kier molecular flexibility index (Phi) is 7.30. The van der Waals surface area contributed by atoms with E-state index in [4.69, 9.17) is 9.82 Å². The fourth-order valence-corrected chi connectivity index (χ4v) is 6.49. The molecule has 9 nitrogen and oxygen atoms in total. The number of anilines is 1. The molecule has 0 radical (unpaired) electrons. The summed E-state index contributed by atoms with van der Waals surface area (Å²) in [6.45, 7) is 2.90. The van der Waals surface area contributed by atoms with Gasteiger partial charge in [0.2, 0.25) is 11.9 Å². The number of carbonyl (C=O) groups excluding carboxylic acids is 1. The van der Waals surface area contributed by atoms with Crippen LogP contribution in [0.5, 0.6) is 0 Å². The molecule has 4 aromatic rings. The van der Waals surface area contributed by atoms with E-state index >= 15 is 0 Å². The second-order valence-electron chi connectivity index (χ2n) is 9.96. The summed E-state index contributed by atoms with van der Waals surface area (Å²) in [6, 6.07) is 10.5. The summed E-state index contributed by atoms with van der Waals surface area (Å²) in [5.41, 5.74) is 1.98. The Morgan fingerprint density at radius 3 is 2.60 bits per heavy atom. The van der Waals surface area contributed by atoms with Gasteiger partial charge in [0.25, 0.3) is 0 Å². The highest BCUT2D eigenvalue weighted by atomic mass is 32.1. The number of aromatic nitrogens is 3. The number of hydrogen-bond donors (Lipinski definition) is 2. The molecule has 0 bridgehead atoms. The van der Waals surface area contributed by atoms with Crippen molar-refractivity contribution in [3.8, 4) is 0 Å². The van der Waals surface area contributed by atoms with Crippen LogP contribution in [0.3, 0.4) is 0 Å². The standard InChI is InChI=1S/C28H28F2N6O3S/c1-16(37)31-28-33-20-10-3-4-11-22(20)36(28)27(38)25(35-12-5-2-6-13-35)26-32-21(15-40-26)24-17(14-39-34-24)23-18(29)8-7-9-19(23)30/h3-4,7-11,15,17,25,27,38H,2,5-6,12-14H2,1H3,(H,31,33,37). The normalized spacial score (nSPS) is 19.3. The molecule has 208 valence electrons. The molecule has 0 spiro atoms. The summed E-state index contributed by atoms with van der Waals surface area (Å²) in [5, 5.41) is 21.2. The van der Waals surface area contributed by atoms with E-state index in [0.29, 0.717) is 27.4 Å². The van der Waals surface area contributed by atoms with E-state index in [1.54, 1.807) is 9.95 Å². The molecule has 2 aliphatic heterocycles. The summed E-state index contributed by atoms with van der Waals surface area (Å²) in [6.07, 6.45) is 1.89. The van der Waals surface area contributed by atoms with Crippen LogP contribution in [0, 0.1) is 11.6 Å². The number of rotatable bonds is 7. The Balaban J connectivity index is 1.40. The van der Waals surface area contributed by atoms with Crippen molar-refractivity contribution in [3.63, 3.8) is 0 Å². The number of piperidine rings is 1. The molecule has 0 aliphatic carbocycles. The molecular formula is C28H28F2N6O3S. The van der Waals surface area contributed by atoms with E-state index in [1.807, 2.05) is 24.3 Å². The Morgan fingerprint density at radius 1 is 1.10 bits per heavy atom. The monoisotopic (exact) mass is 566 g/mol. The lowest BCUT2D eigenvalue weighted by molar-refractivity contribution is -0.114. The molecule has 3 unspecified atom stereocenters. The van der Waals surface area contributed by atoms with Crippen molar-refractivity contribution in [1.29, 1.82) is 0 Å². The fourth-order valence-electron chi connectivity index (χ4n) is 5.52. The number of aliphatic hydroxyl groups is 1. The Labute approximate surface area is 233 Å². The average Bonchev–Trinajstić information content (AvgIpc) is 3.67. The van der Waals surface area contributed by atoms with Crippen LogP contribution in [-0.4, -0.2) is 55.9 Å². The molecule has 2 aromatic heterocycles. The zero-order valence-corrected chi connectivity index (χ0v) is 22.6. The molecule has 2 aliphatic rings. The second kappa shape index (κ2) is 11.0. The predicted molar refractivity (Wildman–Crippen MR) is 147 cm³/mol. The van der Waals surface area contributed by atoms with Gasteiger partial charge in [-0.3, -0.25) is 19.6 Å². The quantitative estimate of drug-likeness (QED) is 0.328. The van der Waals surface area contributed by atoms with Gasteiger partial charge in [-0.05, 0) is 50.2 Å². The molecule has 1 saturated heterocycles. The van der Waals surface area contributed by atoms with Crippen molar-refractivity contribution in [1.82, 2.24) is 19.4 Å². The van der Waals surface area contributed by atoms with Gasteiger partial charge < -0.3 is 9.94 Å². The maximum atomic E-state index is 14.6. The molecule has 0 saturated carbocycles. The van der Waals surface area contributed by atoms with Crippen molar-refractivity contribution in [2.75, 3.05) is 25.0 Å². The zero-order valence-electron chi connectivity index (χ0n) is 21.8. The van der Waals surface area contributed by atoms with Crippen LogP contribution in [0.2, 0.25) is 0 Å². The second-order valence-corrected chi connectivity index (χ2v) is 10.9. The van der Waals surface area contributed by atoms with Gasteiger partial charge >= 0.3 is 0 Å². The molecule has 12 heteroatoms. The van der Waals surface area contributed by atoms with E-state index in [2.05, 4.69) is 20.4 Å². The number of thiazole rings is 1. The van der Waals surface area contributed by atoms with Gasteiger partial charge in [0.15, 0.2) is 6.23 Å². The van der Waals surface area contributed by atoms with Crippen molar-refractivity contribution in [2.24, 2.45) is 5.16 Å². The third-order valence-corrected chi connectivity index (χ3v) is 8.25. The summed E-state index contributed by atoms with van der Waals surface area (Å²) < 4.78 is 30.9. The van der Waals surface area contributed by atoms with Crippen LogP contribution < -0.4 is 5.32 Å². The number of fused-ring (bicyclic) bond motifs is 1. The summed E-state index contributed by atoms with van der Waals surface area (Å²) >= 11 is 1.34. The van der Waals surface area contributed by atoms with E-state index in [9.17, 15) is 18.7 Å². The lowest BCUT2D eigenvalue weighted by Gasteiger charge is -2.36. The minimum absolute atomic E-state index is 0.000668. The average molecular weight is 567 g/mol. The first kappa shape index (κ1) is 26.5. The first-order valence-corrected chi connectivity index (χ1v) is 14.1. The summed E-state index contributed by atoms with van der Waals surface area (Å²) in [4.78, 5) is 28.9. The lowest BCUT2D eigenvalue weighted by Crippen LogP contribution is -2.39. The third-order valence-electron chi connectivity index (χ3n) is 7.33. The summed E-state index contributed by atoms with van der Waals surface area (Å²) in [5.74, 6) is -2.15. The molecule has 6 rings (SSSR count). The topological polar surface area (TPSA) is 105 Å². The van der Waals surface area contributed by atoms with Gasteiger partial charge in [-0.15, -0.1) is 11.3 Å². The van der Waals surface area contributed by atoms with Gasteiger partial charge in [-0.1, -0.05) is 29.8 Å². The van der Waals surface area contributed by atoms with Crippen molar-refractivity contribution in [2.45, 2.75) is 44.4 Å². The smallest absolute Gasteiger partial charge is 0.223 e. The number of carbonyl (C=O) groups is 1. The molecule has 3 atom stereocenters. The van der Waals surface area contributed by atoms with Crippen LogP contribution in [0.4, 0.5) is 14.7 Å². The number of benzene rings is 2. The van der Waals surface area contributed by atoms with Crippen molar-refractivity contribution < 1.29 is 23.5 Å². The number of nitrogens with zero attached hydrogens (tertiary/aromatic N) is 5. The van der Waals surface area contributed by atoms with Crippen LogP contribution in [-0.2, 0) is 9.63 Å². The molecule has 2 N–H and O–H groups in total. The van der Waals surface area contributed by atoms with Gasteiger partial charge in [0.1, 0.15) is 35.0 Å². The largest absolute Gasteiger partial charge is 0.394 e. The van der Waals surface area contributed by atoms with E-state index in [0.717, 1.165) is 32.4 Å². The molecule has 2 aromatic carbocycles. The molecule has 4 heterocycles. The van der Waals surface area contributed by atoms with Gasteiger partial charge in [0.05, 0.1) is 22.6 Å². The number of imidazole rings is 1. The summed E-state index contributed by atoms with van der Waals surface area (Å²) in [7, 11) is 0. The fraction of sp³-hybridized carbons (Fsp3) is 0.357. The predicted octanol–water partition coefficient (Wildman–Crippen LogP) is 4.97. The van der Waals surface area contributed by atoms with Crippen molar-refractivity contribution >= 4 is 39.9 Å². The first-order chi connectivity index (χ1) is 19.4.